The van der Waals surface area contributed by atoms with Crippen molar-refractivity contribution < 1.29 is 9.13 Å². The maximum atomic E-state index is 13.0. The van der Waals surface area contributed by atoms with Crippen LogP contribution < -0.4 is 5.32 Å². The molecule has 2 aromatic carbocycles. The molecule has 152 valence electrons. The summed E-state index contributed by atoms with van der Waals surface area (Å²) in [5.74, 6) is 1.23. The van der Waals surface area contributed by atoms with Gasteiger partial charge in [0.1, 0.15) is 5.82 Å². The molecule has 6 heteroatoms. The molecule has 0 amide bonds. The maximum Gasteiger partial charge on any atom is 0.194 e. The van der Waals surface area contributed by atoms with Crippen LogP contribution in [0.25, 0.3) is 0 Å². The zero-order valence-electron chi connectivity index (χ0n) is 16.3. The van der Waals surface area contributed by atoms with E-state index in [2.05, 4.69) is 29.3 Å². The van der Waals surface area contributed by atoms with E-state index in [1.54, 1.807) is 12.1 Å². The summed E-state index contributed by atoms with van der Waals surface area (Å²) in [6.45, 7) is 6.81. The predicted molar refractivity (Wildman–Crippen MR) is 122 cm³/mol. The SMILES string of the molecule is CCNC(=NCc1ccc(F)cc1)N1CCC(COCc2ccccc2)C1.I. The van der Waals surface area contributed by atoms with E-state index in [-0.39, 0.29) is 29.8 Å². The van der Waals surface area contributed by atoms with Crippen molar-refractivity contribution in [3.8, 4) is 0 Å². The lowest BCUT2D eigenvalue weighted by Gasteiger charge is -2.21. The number of hydrogen-bond acceptors (Lipinski definition) is 2. The lowest BCUT2D eigenvalue weighted by Crippen LogP contribution is -2.40. The number of guanidine groups is 1. The summed E-state index contributed by atoms with van der Waals surface area (Å²) < 4.78 is 18.9. The summed E-state index contributed by atoms with van der Waals surface area (Å²) >= 11 is 0. The molecule has 0 bridgehead atoms. The highest BCUT2D eigenvalue weighted by Gasteiger charge is 2.25. The van der Waals surface area contributed by atoms with Crippen molar-refractivity contribution in [1.29, 1.82) is 0 Å². The standard InChI is InChI=1S/C22H28FN3O.HI/c1-2-24-22(25-14-18-8-10-21(23)11-9-18)26-13-12-20(15-26)17-27-16-19-6-4-3-5-7-19;/h3-11,20H,2,12-17H2,1H3,(H,24,25);1H. The van der Waals surface area contributed by atoms with Crippen LogP contribution in [0.5, 0.6) is 0 Å². The molecular weight excluding hydrogens is 468 g/mol. The van der Waals surface area contributed by atoms with Crippen LogP contribution in [0.3, 0.4) is 0 Å². The Morgan fingerprint density at radius 3 is 2.61 bits per heavy atom. The molecule has 0 radical (unpaired) electrons. The quantitative estimate of drug-likeness (QED) is 0.349. The molecule has 1 aliphatic rings. The van der Waals surface area contributed by atoms with Crippen LogP contribution in [0.2, 0.25) is 0 Å². The summed E-state index contributed by atoms with van der Waals surface area (Å²) in [5.41, 5.74) is 2.22. The summed E-state index contributed by atoms with van der Waals surface area (Å²) in [5, 5.41) is 3.37. The van der Waals surface area contributed by atoms with Crippen molar-refractivity contribution in [3.63, 3.8) is 0 Å². The molecule has 1 atom stereocenters. The third kappa shape index (κ3) is 7.05. The first-order valence-corrected chi connectivity index (χ1v) is 9.64. The summed E-state index contributed by atoms with van der Waals surface area (Å²) in [6.07, 6.45) is 1.11. The van der Waals surface area contributed by atoms with Gasteiger partial charge in [-0.2, -0.15) is 0 Å². The Labute approximate surface area is 184 Å². The van der Waals surface area contributed by atoms with Crippen LogP contribution in [-0.4, -0.2) is 37.1 Å². The van der Waals surface area contributed by atoms with Gasteiger partial charge in [-0.1, -0.05) is 42.5 Å². The molecular formula is C22H29FIN3O. The highest BCUT2D eigenvalue weighted by molar-refractivity contribution is 14.0. The van der Waals surface area contributed by atoms with Crippen LogP contribution in [0.4, 0.5) is 4.39 Å². The van der Waals surface area contributed by atoms with Crippen LogP contribution in [0.1, 0.15) is 24.5 Å². The molecule has 0 saturated carbocycles. The van der Waals surface area contributed by atoms with Gasteiger partial charge in [0, 0.05) is 25.6 Å². The molecule has 1 N–H and O–H groups in total. The highest BCUT2D eigenvalue weighted by Crippen LogP contribution is 2.18. The monoisotopic (exact) mass is 497 g/mol. The third-order valence-corrected chi connectivity index (χ3v) is 4.71. The molecule has 0 spiro atoms. The second kappa shape index (κ2) is 12.0. The minimum atomic E-state index is -0.215. The number of benzene rings is 2. The fourth-order valence-electron chi connectivity index (χ4n) is 3.26. The van der Waals surface area contributed by atoms with E-state index in [9.17, 15) is 4.39 Å². The topological polar surface area (TPSA) is 36.9 Å². The minimum absolute atomic E-state index is 0. The fourth-order valence-corrected chi connectivity index (χ4v) is 3.26. The predicted octanol–water partition coefficient (Wildman–Crippen LogP) is 4.45. The van der Waals surface area contributed by atoms with E-state index in [0.717, 1.165) is 44.2 Å². The lowest BCUT2D eigenvalue weighted by atomic mass is 10.1. The Bertz CT molecular complexity index is 724. The summed E-state index contributed by atoms with van der Waals surface area (Å²) in [6, 6.07) is 16.8. The molecule has 0 aliphatic carbocycles. The molecule has 4 nitrogen and oxygen atoms in total. The van der Waals surface area contributed by atoms with E-state index < -0.39 is 0 Å². The van der Waals surface area contributed by atoms with Crippen LogP contribution >= 0.6 is 24.0 Å². The fraction of sp³-hybridized carbons (Fsp3) is 0.409. The van der Waals surface area contributed by atoms with Gasteiger partial charge in [-0.15, -0.1) is 24.0 Å². The van der Waals surface area contributed by atoms with E-state index in [0.29, 0.717) is 19.1 Å². The van der Waals surface area contributed by atoms with Crippen LogP contribution in [-0.2, 0) is 17.9 Å². The van der Waals surface area contributed by atoms with Gasteiger partial charge in [0.05, 0.1) is 19.8 Å². The van der Waals surface area contributed by atoms with Gasteiger partial charge >= 0.3 is 0 Å². The van der Waals surface area contributed by atoms with E-state index in [1.165, 1.54) is 17.7 Å². The van der Waals surface area contributed by atoms with Gasteiger partial charge in [-0.3, -0.25) is 0 Å². The second-order valence-electron chi connectivity index (χ2n) is 6.90. The lowest BCUT2D eigenvalue weighted by molar-refractivity contribution is 0.0906. The number of halogens is 2. The Hall–Kier alpha value is -1.67. The summed E-state index contributed by atoms with van der Waals surface area (Å²) in [7, 11) is 0. The van der Waals surface area contributed by atoms with Crippen LogP contribution in [0.15, 0.2) is 59.6 Å². The largest absolute Gasteiger partial charge is 0.376 e. The van der Waals surface area contributed by atoms with Gasteiger partial charge in [-0.25, -0.2) is 9.38 Å². The average Bonchev–Trinajstić information content (AvgIpc) is 3.16. The van der Waals surface area contributed by atoms with Gasteiger partial charge in [0.2, 0.25) is 0 Å². The Morgan fingerprint density at radius 2 is 1.89 bits per heavy atom. The highest BCUT2D eigenvalue weighted by atomic mass is 127. The van der Waals surface area contributed by atoms with Gasteiger partial charge < -0.3 is 15.0 Å². The zero-order chi connectivity index (χ0) is 18.9. The first kappa shape index (κ1) is 22.6. The Kier molecular flexibility index (Phi) is 9.70. The van der Waals surface area contributed by atoms with Crippen molar-refractivity contribution in [2.45, 2.75) is 26.5 Å². The molecule has 0 aromatic heterocycles. The molecule has 1 unspecified atom stereocenters. The second-order valence-corrected chi connectivity index (χ2v) is 6.90. The van der Waals surface area contributed by atoms with Crippen molar-refractivity contribution in [3.05, 3.63) is 71.5 Å². The minimum Gasteiger partial charge on any atom is -0.376 e. The van der Waals surface area contributed by atoms with Crippen molar-refractivity contribution in [2.24, 2.45) is 10.9 Å². The molecule has 2 aromatic rings. The molecule has 1 heterocycles. The first-order valence-electron chi connectivity index (χ1n) is 9.64. The van der Waals surface area contributed by atoms with Gasteiger partial charge in [-0.05, 0) is 36.6 Å². The Balaban J connectivity index is 0.00000280. The third-order valence-electron chi connectivity index (χ3n) is 4.71. The van der Waals surface area contributed by atoms with Gasteiger partial charge in [0.15, 0.2) is 5.96 Å². The van der Waals surface area contributed by atoms with E-state index in [4.69, 9.17) is 9.73 Å². The normalized spacial score (nSPS) is 16.7. The number of likely N-dealkylation sites (tertiary alicyclic amines) is 1. The van der Waals surface area contributed by atoms with Crippen LogP contribution in [0, 0.1) is 11.7 Å². The van der Waals surface area contributed by atoms with Crippen molar-refractivity contribution in [2.75, 3.05) is 26.2 Å². The first-order chi connectivity index (χ1) is 13.2. The Morgan fingerprint density at radius 1 is 1.14 bits per heavy atom. The molecule has 1 saturated heterocycles. The smallest absolute Gasteiger partial charge is 0.194 e. The number of aliphatic imine (C=N–C) groups is 1. The molecule has 1 fully saturated rings. The summed E-state index contributed by atoms with van der Waals surface area (Å²) in [4.78, 5) is 7.02. The van der Waals surface area contributed by atoms with Crippen molar-refractivity contribution >= 4 is 29.9 Å². The van der Waals surface area contributed by atoms with Crippen molar-refractivity contribution in [1.82, 2.24) is 10.2 Å². The van der Waals surface area contributed by atoms with E-state index >= 15 is 0 Å². The number of nitrogens with zero attached hydrogens (tertiary/aromatic N) is 2. The number of ether oxygens (including phenoxy) is 1. The molecule has 28 heavy (non-hydrogen) atoms. The molecule has 3 rings (SSSR count). The molecule has 1 aliphatic heterocycles. The number of nitrogens with one attached hydrogen (secondary N) is 1. The van der Waals surface area contributed by atoms with E-state index in [1.807, 2.05) is 18.2 Å². The average molecular weight is 497 g/mol. The van der Waals surface area contributed by atoms with Gasteiger partial charge in [0.25, 0.3) is 0 Å². The number of rotatable bonds is 7. The zero-order valence-corrected chi connectivity index (χ0v) is 18.6. The maximum absolute atomic E-state index is 13.0. The number of hydrogen-bond donors (Lipinski definition) is 1.